The van der Waals surface area contributed by atoms with E-state index in [2.05, 4.69) is 4.98 Å². The number of aromatic nitrogens is 1. The van der Waals surface area contributed by atoms with E-state index >= 15 is 0 Å². The molecule has 3 amide bonds. The van der Waals surface area contributed by atoms with E-state index < -0.39 is 11.8 Å². The molecule has 31 heavy (non-hydrogen) atoms. The molecule has 0 radical (unpaired) electrons. The first-order chi connectivity index (χ1) is 14.9. The van der Waals surface area contributed by atoms with Gasteiger partial charge in [-0.2, -0.15) is 0 Å². The smallest absolute Gasteiger partial charge is 0.331 e. The van der Waals surface area contributed by atoms with Crippen LogP contribution in [0.15, 0.2) is 42.6 Å². The molecule has 0 aliphatic carbocycles. The van der Waals surface area contributed by atoms with Crippen LogP contribution in [-0.2, 0) is 11.3 Å². The van der Waals surface area contributed by atoms with Gasteiger partial charge in [-0.25, -0.2) is 9.18 Å². The standard InChI is InChI=1S/C22H19ClFN3O4/c1-30-15-4-3-13(19(10-15)31-2)12-27-20(28)7-8-26(22(27)29)14-9-16-18(25-11-14)6-5-17(23)21(16)24/h3-6,9-11H,7-8,12H2,1-2H3. The zero-order valence-corrected chi connectivity index (χ0v) is 17.6. The van der Waals surface area contributed by atoms with E-state index in [9.17, 15) is 14.0 Å². The minimum Gasteiger partial charge on any atom is -0.497 e. The Morgan fingerprint density at radius 3 is 2.68 bits per heavy atom. The van der Waals surface area contributed by atoms with Crippen molar-refractivity contribution in [3.8, 4) is 11.5 Å². The van der Waals surface area contributed by atoms with Crippen LogP contribution in [0.1, 0.15) is 12.0 Å². The normalized spacial score (nSPS) is 14.3. The molecule has 3 aromatic rings. The Kier molecular flexibility index (Phi) is 5.65. The molecule has 2 heterocycles. The molecule has 4 rings (SSSR count). The Labute approximate surface area is 182 Å². The van der Waals surface area contributed by atoms with Crippen LogP contribution in [0.4, 0.5) is 14.9 Å². The van der Waals surface area contributed by atoms with Crippen molar-refractivity contribution in [2.24, 2.45) is 0 Å². The van der Waals surface area contributed by atoms with E-state index in [1.54, 1.807) is 24.3 Å². The highest BCUT2D eigenvalue weighted by atomic mass is 35.5. The number of ether oxygens (including phenoxy) is 2. The lowest BCUT2D eigenvalue weighted by molar-refractivity contribution is -0.129. The molecule has 0 saturated carbocycles. The average Bonchev–Trinajstić information content (AvgIpc) is 2.79. The summed E-state index contributed by atoms with van der Waals surface area (Å²) in [5, 5.41) is 0.179. The molecule has 1 aromatic heterocycles. The van der Waals surface area contributed by atoms with Crippen molar-refractivity contribution in [2.75, 3.05) is 25.7 Å². The molecule has 1 aliphatic heterocycles. The summed E-state index contributed by atoms with van der Waals surface area (Å²) in [6.07, 6.45) is 1.61. The van der Waals surface area contributed by atoms with Crippen LogP contribution < -0.4 is 14.4 Å². The molecule has 1 saturated heterocycles. The molecule has 1 fully saturated rings. The molecular weight excluding hydrogens is 425 g/mol. The molecule has 0 unspecified atom stereocenters. The second kappa shape index (κ2) is 8.39. The molecule has 2 aromatic carbocycles. The van der Waals surface area contributed by atoms with Crippen LogP contribution >= 0.6 is 11.6 Å². The Morgan fingerprint density at radius 2 is 1.94 bits per heavy atom. The predicted octanol–water partition coefficient (Wildman–Crippen LogP) is 4.40. The van der Waals surface area contributed by atoms with Gasteiger partial charge < -0.3 is 9.47 Å². The summed E-state index contributed by atoms with van der Waals surface area (Å²) in [5.41, 5.74) is 1.46. The Morgan fingerprint density at radius 1 is 1.13 bits per heavy atom. The molecule has 0 atom stereocenters. The van der Waals surface area contributed by atoms with E-state index in [1.165, 1.54) is 37.4 Å². The first kappa shape index (κ1) is 20.9. The third kappa shape index (κ3) is 3.86. The average molecular weight is 444 g/mol. The second-order valence-electron chi connectivity index (χ2n) is 6.96. The van der Waals surface area contributed by atoms with Crippen LogP contribution in [0.3, 0.4) is 0 Å². The van der Waals surface area contributed by atoms with E-state index in [4.69, 9.17) is 21.1 Å². The maximum Gasteiger partial charge on any atom is 0.331 e. The lowest BCUT2D eigenvalue weighted by atomic mass is 10.1. The molecule has 7 nitrogen and oxygen atoms in total. The molecule has 9 heteroatoms. The molecule has 0 bridgehead atoms. The summed E-state index contributed by atoms with van der Waals surface area (Å²) in [5.74, 6) is 0.193. The number of amides is 3. The summed E-state index contributed by atoms with van der Waals surface area (Å²) in [6.45, 7) is 0.200. The van der Waals surface area contributed by atoms with Gasteiger partial charge in [0.1, 0.15) is 11.5 Å². The zero-order valence-electron chi connectivity index (χ0n) is 16.9. The van der Waals surface area contributed by atoms with Gasteiger partial charge in [0, 0.05) is 30.0 Å². The van der Waals surface area contributed by atoms with E-state index in [-0.39, 0.29) is 35.8 Å². The van der Waals surface area contributed by atoms with Gasteiger partial charge >= 0.3 is 6.03 Å². The van der Waals surface area contributed by atoms with Gasteiger partial charge in [-0.1, -0.05) is 11.6 Å². The van der Waals surface area contributed by atoms with E-state index in [0.717, 1.165) is 4.90 Å². The molecule has 0 N–H and O–H groups in total. The first-order valence-corrected chi connectivity index (χ1v) is 9.87. The number of methoxy groups -OCH3 is 2. The van der Waals surface area contributed by atoms with Crippen molar-refractivity contribution in [1.82, 2.24) is 9.88 Å². The number of hydrogen-bond donors (Lipinski definition) is 0. The van der Waals surface area contributed by atoms with Crippen molar-refractivity contribution in [2.45, 2.75) is 13.0 Å². The lowest BCUT2D eigenvalue weighted by Crippen LogP contribution is -2.52. The zero-order chi connectivity index (χ0) is 22.1. The number of carbonyl (C=O) groups is 2. The SMILES string of the molecule is COc1ccc(CN2C(=O)CCN(c3cnc4ccc(Cl)c(F)c4c3)C2=O)c(OC)c1. The van der Waals surface area contributed by atoms with Gasteiger partial charge in [0.25, 0.3) is 0 Å². The first-order valence-electron chi connectivity index (χ1n) is 9.49. The highest BCUT2D eigenvalue weighted by molar-refractivity contribution is 6.31. The van der Waals surface area contributed by atoms with Crippen LogP contribution in [0.2, 0.25) is 5.02 Å². The van der Waals surface area contributed by atoms with Crippen molar-refractivity contribution in [1.29, 1.82) is 0 Å². The third-order valence-corrected chi connectivity index (χ3v) is 5.48. The summed E-state index contributed by atoms with van der Waals surface area (Å²) in [7, 11) is 3.04. The summed E-state index contributed by atoms with van der Waals surface area (Å²) in [4.78, 5) is 32.5. The monoisotopic (exact) mass is 443 g/mol. The number of carbonyl (C=O) groups excluding carboxylic acids is 2. The number of hydrogen-bond acceptors (Lipinski definition) is 5. The number of nitrogens with zero attached hydrogens (tertiary/aromatic N) is 3. The van der Waals surface area contributed by atoms with Crippen LogP contribution in [0.25, 0.3) is 10.9 Å². The minimum atomic E-state index is -0.603. The van der Waals surface area contributed by atoms with Gasteiger partial charge in [0.2, 0.25) is 5.91 Å². The third-order valence-electron chi connectivity index (χ3n) is 5.18. The van der Waals surface area contributed by atoms with Gasteiger partial charge in [0.15, 0.2) is 5.82 Å². The van der Waals surface area contributed by atoms with Crippen molar-refractivity contribution in [3.63, 3.8) is 0 Å². The highest BCUT2D eigenvalue weighted by Crippen LogP contribution is 2.30. The fourth-order valence-corrected chi connectivity index (χ4v) is 3.68. The van der Waals surface area contributed by atoms with Crippen molar-refractivity contribution < 1.29 is 23.5 Å². The second-order valence-corrected chi connectivity index (χ2v) is 7.37. The van der Waals surface area contributed by atoms with Gasteiger partial charge in [-0.3, -0.25) is 19.6 Å². The number of benzene rings is 2. The number of imide groups is 1. The lowest BCUT2D eigenvalue weighted by Gasteiger charge is -2.34. The molecule has 1 aliphatic rings. The van der Waals surface area contributed by atoms with Gasteiger partial charge in [-0.05, 0) is 30.3 Å². The molecular formula is C22H19ClFN3O4. The van der Waals surface area contributed by atoms with Crippen LogP contribution in [0, 0.1) is 5.82 Å². The highest BCUT2D eigenvalue weighted by Gasteiger charge is 2.33. The summed E-state index contributed by atoms with van der Waals surface area (Å²) >= 11 is 5.88. The van der Waals surface area contributed by atoms with Crippen molar-refractivity contribution in [3.05, 3.63) is 59.0 Å². The van der Waals surface area contributed by atoms with Gasteiger partial charge in [0.05, 0.1) is 43.2 Å². The largest absolute Gasteiger partial charge is 0.497 e. The number of fused-ring (bicyclic) bond motifs is 1. The maximum atomic E-state index is 14.5. The summed E-state index contributed by atoms with van der Waals surface area (Å²) in [6, 6.07) is 9.20. The van der Waals surface area contributed by atoms with Crippen LogP contribution in [0.5, 0.6) is 11.5 Å². The Hall–Kier alpha value is -3.39. The maximum absolute atomic E-state index is 14.5. The Bertz CT molecular complexity index is 1190. The summed E-state index contributed by atoms with van der Waals surface area (Å²) < 4.78 is 25.0. The minimum absolute atomic E-state index is 0.0279. The van der Waals surface area contributed by atoms with E-state index in [0.29, 0.717) is 28.3 Å². The quantitative estimate of drug-likeness (QED) is 0.584. The predicted molar refractivity (Wildman–Crippen MR) is 114 cm³/mol. The fraction of sp³-hybridized carbons (Fsp3) is 0.227. The van der Waals surface area contributed by atoms with E-state index in [1.807, 2.05) is 0 Å². The number of rotatable bonds is 5. The van der Waals surface area contributed by atoms with Crippen LogP contribution in [-0.4, -0.2) is 42.6 Å². The number of urea groups is 1. The number of pyridine rings is 1. The Balaban J connectivity index is 1.65. The number of anilines is 1. The molecule has 0 spiro atoms. The molecule has 160 valence electrons. The number of halogens is 2. The van der Waals surface area contributed by atoms with Gasteiger partial charge in [-0.15, -0.1) is 0 Å². The van der Waals surface area contributed by atoms with Crippen molar-refractivity contribution >= 4 is 40.1 Å². The fourth-order valence-electron chi connectivity index (χ4n) is 3.51. The topological polar surface area (TPSA) is 72.0 Å².